The van der Waals surface area contributed by atoms with Gasteiger partial charge in [0.05, 0.1) is 12.1 Å². The number of nitriles is 2. The Labute approximate surface area is 69.7 Å². The van der Waals surface area contributed by atoms with E-state index in [1.165, 1.54) is 13.8 Å². The van der Waals surface area contributed by atoms with E-state index in [1.54, 1.807) is 12.1 Å². The van der Waals surface area contributed by atoms with E-state index in [2.05, 4.69) is 0 Å². The van der Waals surface area contributed by atoms with Crippen molar-refractivity contribution in [1.82, 2.24) is 5.01 Å². The average molecular weight is 168 g/mol. The van der Waals surface area contributed by atoms with Crippen molar-refractivity contribution in [3.8, 4) is 12.1 Å². The molecule has 0 heterocycles. The van der Waals surface area contributed by atoms with Crippen molar-refractivity contribution in [1.29, 1.82) is 10.5 Å². The van der Waals surface area contributed by atoms with Crippen LogP contribution < -0.4 is 0 Å². The zero-order valence-corrected chi connectivity index (χ0v) is 6.76. The SMILES string of the molecule is CC(C#N)N(C(C)C#N)[N+](=O)[O-]. The standard InChI is InChI=1S/C6H8N4O2/c1-5(3-7)9(10(11)12)6(2)4-8/h5-6H,1-2H3. The Morgan fingerprint density at radius 2 is 1.67 bits per heavy atom. The van der Waals surface area contributed by atoms with E-state index < -0.39 is 17.1 Å². The van der Waals surface area contributed by atoms with Gasteiger partial charge in [-0.2, -0.15) is 10.5 Å². The van der Waals surface area contributed by atoms with E-state index in [1.807, 2.05) is 0 Å². The minimum atomic E-state index is -0.894. The molecule has 6 nitrogen and oxygen atoms in total. The molecule has 12 heavy (non-hydrogen) atoms. The van der Waals surface area contributed by atoms with Gasteiger partial charge in [-0.3, -0.25) is 0 Å². The van der Waals surface area contributed by atoms with Crippen LogP contribution in [0.4, 0.5) is 0 Å². The fraction of sp³-hybridized carbons (Fsp3) is 0.667. The molecule has 0 N–H and O–H groups in total. The summed E-state index contributed by atoms with van der Waals surface area (Å²) in [5.74, 6) is 0. The van der Waals surface area contributed by atoms with Gasteiger partial charge >= 0.3 is 0 Å². The number of nitrogens with zero attached hydrogens (tertiary/aromatic N) is 4. The van der Waals surface area contributed by atoms with Crippen LogP contribution in [-0.2, 0) is 0 Å². The lowest BCUT2D eigenvalue weighted by Crippen LogP contribution is -2.43. The van der Waals surface area contributed by atoms with Crippen LogP contribution in [0.2, 0.25) is 0 Å². The third kappa shape index (κ3) is 2.10. The van der Waals surface area contributed by atoms with Crippen LogP contribution in [0, 0.1) is 32.8 Å². The number of rotatable bonds is 3. The molecule has 64 valence electrons. The molecule has 0 aromatic rings. The molecule has 0 saturated heterocycles. The largest absolute Gasteiger partial charge is 0.235 e. The van der Waals surface area contributed by atoms with Gasteiger partial charge in [0.25, 0.3) is 0 Å². The van der Waals surface area contributed by atoms with E-state index in [9.17, 15) is 10.1 Å². The van der Waals surface area contributed by atoms with E-state index in [4.69, 9.17) is 10.5 Å². The van der Waals surface area contributed by atoms with E-state index >= 15 is 0 Å². The maximum absolute atomic E-state index is 10.3. The lowest BCUT2D eigenvalue weighted by molar-refractivity contribution is -0.665. The number of hydrogen-bond acceptors (Lipinski definition) is 4. The highest BCUT2D eigenvalue weighted by atomic mass is 16.7. The van der Waals surface area contributed by atoms with E-state index in [0.717, 1.165) is 0 Å². The first-order valence-corrected chi connectivity index (χ1v) is 3.26. The Bertz CT molecular complexity index is 231. The van der Waals surface area contributed by atoms with Crippen molar-refractivity contribution in [2.24, 2.45) is 0 Å². The molecule has 0 spiro atoms. The lowest BCUT2D eigenvalue weighted by atomic mass is 10.3. The van der Waals surface area contributed by atoms with Crippen LogP contribution in [0.5, 0.6) is 0 Å². The number of hydrogen-bond donors (Lipinski definition) is 0. The minimum absolute atomic E-state index is 0.611. The van der Waals surface area contributed by atoms with Crippen molar-refractivity contribution >= 4 is 0 Å². The first-order chi connectivity index (χ1) is 5.54. The monoisotopic (exact) mass is 168 g/mol. The van der Waals surface area contributed by atoms with E-state index in [0.29, 0.717) is 5.01 Å². The lowest BCUT2D eigenvalue weighted by Gasteiger charge is -2.17. The van der Waals surface area contributed by atoms with Gasteiger partial charge in [0.2, 0.25) is 0 Å². The highest BCUT2D eigenvalue weighted by molar-refractivity contribution is 4.93. The maximum Gasteiger partial charge on any atom is 0.174 e. The summed E-state index contributed by atoms with van der Waals surface area (Å²) in [7, 11) is 0. The van der Waals surface area contributed by atoms with Gasteiger partial charge in [-0.1, -0.05) is 5.01 Å². The summed E-state index contributed by atoms with van der Waals surface area (Å²) < 4.78 is 0. The summed E-state index contributed by atoms with van der Waals surface area (Å²) in [4.78, 5) is 10.3. The summed E-state index contributed by atoms with van der Waals surface area (Å²) in [5.41, 5.74) is 0. The second-order valence-corrected chi connectivity index (χ2v) is 2.23. The summed E-state index contributed by atoms with van der Waals surface area (Å²) in [6.45, 7) is 2.74. The number of hydrazine groups is 1. The summed E-state index contributed by atoms with van der Waals surface area (Å²) in [6.07, 6.45) is 0. The third-order valence-electron chi connectivity index (χ3n) is 1.36. The zero-order valence-electron chi connectivity index (χ0n) is 6.76. The van der Waals surface area contributed by atoms with Crippen molar-refractivity contribution in [2.45, 2.75) is 25.9 Å². The first-order valence-electron chi connectivity index (χ1n) is 3.26. The van der Waals surface area contributed by atoms with Crippen molar-refractivity contribution < 1.29 is 5.03 Å². The van der Waals surface area contributed by atoms with Gasteiger partial charge in [-0.05, 0) is 13.8 Å². The molecule has 0 rings (SSSR count). The van der Waals surface area contributed by atoms with Gasteiger partial charge in [0, 0.05) is 0 Å². The molecule has 6 heteroatoms. The Morgan fingerprint density at radius 1 is 1.33 bits per heavy atom. The molecule has 0 aromatic carbocycles. The Hall–Kier alpha value is -1.82. The molecule has 0 fully saturated rings. The highest BCUT2D eigenvalue weighted by Gasteiger charge is 2.28. The molecule has 0 radical (unpaired) electrons. The van der Waals surface area contributed by atoms with Crippen molar-refractivity contribution in [3.63, 3.8) is 0 Å². The summed E-state index contributed by atoms with van der Waals surface area (Å²) in [6, 6.07) is 1.60. The first kappa shape index (κ1) is 10.2. The molecule has 2 unspecified atom stereocenters. The predicted octanol–water partition coefficient (Wildman–Crippen LogP) is 0.304. The fourth-order valence-corrected chi connectivity index (χ4v) is 0.737. The molecule has 0 aliphatic carbocycles. The van der Waals surface area contributed by atoms with Crippen LogP contribution in [0.25, 0.3) is 0 Å². The van der Waals surface area contributed by atoms with Gasteiger partial charge in [0.1, 0.15) is 0 Å². The molecule has 0 aromatic heterocycles. The molecule has 0 bridgehead atoms. The molecule has 0 aliphatic rings. The Balaban J connectivity index is 4.60. The Kier molecular flexibility index (Phi) is 3.51. The van der Waals surface area contributed by atoms with Crippen LogP contribution in [0.15, 0.2) is 0 Å². The summed E-state index contributed by atoms with van der Waals surface area (Å²) >= 11 is 0. The van der Waals surface area contributed by atoms with Gasteiger partial charge in [0.15, 0.2) is 17.1 Å². The average Bonchev–Trinajstić information content (AvgIpc) is 2.03. The predicted molar refractivity (Wildman–Crippen MR) is 39.0 cm³/mol. The fourth-order valence-electron chi connectivity index (χ4n) is 0.737. The minimum Gasteiger partial charge on any atom is -0.235 e. The number of nitro groups is 1. The quantitative estimate of drug-likeness (QED) is 0.446. The summed E-state index contributed by atoms with van der Waals surface area (Å²) in [5, 5.41) is 27.0. The maximum atomic E-state index is 10.3. The molecule has 0 saturated carbocycles. The van der Waals surface area contributed by atoms with Gasteiger partial charge < -0.3 is 0 Å². The van der Waals surface area contributed by atoms with Crippen LogP contribution in [0.1, 0.15) is 13.8 Å². The van der Waals surface area contributed by atoms with Crippen LogP contribution >= 0.6 is 0 Å². The molecule has 0 amide bonds. The topological polar surface area (TPSA) is 94.0 Å². The molecular weight excluding hydrogens is 160 g/mol. The highest BCUT2D eigenvalue weighted by Crippen LogP contribution is 2.03. The molecule has 2 atom stereocenters. The van der Waals surface area contributed by atoms with Crippen molar-refractivity contribution in [3.05, 3.63) is 10.1 Å². The smallest absolute Gasteiger partial charge is 0.174 e. The molecular formula is C6H8N4O2. The second-order valence-electron chi connectivity index (χ2n) is 2.23. The Morgan fingerprint density at radius 3 is 1.83 bits per heavy atom. The normalized spacial score (nSPS) is 13.7. The van der Waals surface area contributed by atoms with Crippen molar-refractivity contribution in [2.75, 3.05) is 0 Å². The third-order valence-corrected chi connectivity index (χ3v) is 1.36. The second kappa shape index (κ2) is 4.14. The molecule has 0 aliphatic heterocycles. The van der Waals surface area contributed by atoms with Gasteiger partial charge in [-0.25, -0.2) is 10.1 Å². The van der Waals surface area contributed by atoms with Crippen LogP contribution in [0.3, 0.4) is 0 Å². The van der Waals surface area contributed by atoms with E-state index in [-0.39, 0.29) is 0 Å². The van der Waals surface area contributed by atoms with Crippen LogP contribution in [-0.4, -0.2) is 22.1 Å². The van der Waals surface area contributed by atoms with Gasteiger partial charge in [-0.15, -0.1) is 0 Å². The zero-order chi connectivity index (χ0) is 9.72.